The molecular formula is C14H18O2. The topological polar surface area (TPSA) is 29.5 Å². The molecule has 1 unspecified atom stereocenters. The second-order valence-electron chi connectivity index (χ2n) is 5.03. The van der Waals surface area contributed by atoms with E-state index in [0.717, 1.165) is 16.9 Å². The number of rotatable bonds is 1. The maximum atomic E-state index is 10.3. The van der Waals surface area contributed by atoms with Crippen molar-refractivity contribution in [3.8, 4) is 0 Å². The SMILES string of the molecule is CC1=C(c2ccccc2)OC(C)(O)C1(C)C. The average molecular weight is 218 g/mol. The van der Waals surface area contributed by atoms with Crippen LogP contribution >= 0.6 is 0 Å². The van der Waals surface area contributed by atoms with E-state index < -0.39 is 5.79 Å². The van der Waals surface area contributed by atoms with Crippen molar-refractivity contribution in [2.24, 2.45) is 5.41 Å². The summed E-state index contributed by atoms with van der Waals surface area (Å²) < 4.78 is 5.70. The highest BCUT2D eigenvalue weighted by Gasteiger charge is 2.50. The van der Waals surface area contributed by atoms with E-state index in [1.807, 2.05) is 51.1 Å². The van der Waals surface area contributed by atoms with Gasteiger partial charge in [0, 0.05) is 12.5 Å². The molecule has 0 aliphatic carbocycles. The second-order valence-corrected chi connectivity index (χ2v) is 5.03. The molecule has 86 valence electrons. The average Bonchev–Trinajstić information content (AvgIpc) is 2.40. The van der Waals surface area contributed by atoms with E-state index in [0.29, 0.717) is 0 Å². The molecule has 1 aromatic carbocycles. The zero-order valence-electron chi connectivity index (χ0n) is 10.2. The monoisotopic (exact) mass is 218 g/mol. The van der Waals surface area contributed by atoms with Gasteiger partial charge in [-0.05, 0) is 26.3 Å². The molecule has 0 saturated heterocycles. The highest BCUT2D eigenvalue weighted by atomic mass is 16.6. The summed E-state index contributed by atoms with van der Waals surface area (Å²) in [7, 11) is 0. The highest BCUT2D eigenvalue weighted by Crippen LogP contribution is 2.50. The Kier molecular flexibility index (Phi) is 2.35. The molecule has 1 aromatic rings. The highest BCUT2D eigenvalue weighted by molar-refractivity contribution is 5.66. The number of hydrogen-bond acceptors (Lipinski definition) is 2. The van der Waals surface area contributed by atoms with Crippen LogP contribution in [-0.4, -0.2) is 10.9 Å². The van der Waals surface area contributed by atoms with Gasteiger partial charge < -0.3 is 9.84 Å². The Morgan fingerprint density at radius 1 is 1.06 bits per heavy atom. The molecule has 1 aliphatic heterocycles. The van der Waals surface area contributed by atoms with Gasteiger partial charge in [-0.3, -0.25) is 0 Å². The predicted molar refractivity (Wildman–Crippen MR) is 64.5 cm³/mol. The number of ether oxygens (including phenoxy) is 1. The van der Waals surface area contributed by atoms with Crippen LogP contribution in [0.2, 0.25) is 0 Å². The van der Waals surface area contributed by atoms with Crippen LogP contribution in [0.4, 0.5) is 0 Å². The molecule has 0 spiro atoms. The van der Waals surface area contributed by atoms with E-state index in [-0.39, 0.29) is 5.41 Å². The van der Waals surface area contributed by atoms with E-state index in [4.69, 9.17) is 4.74 Å². The fourth-order valence-corrected chi connectivity index (χ4v) is 1.90. The van der Waals surface area contributed by atoms with Gasteiger partial charge in [-0.2, -0.15) is 0 Å². The molecule has 1 atom stereocenters. The quantitative estimate of drug-likeness (QED) is 0.784. The lowest BCUT2D eigenvalue weighted by atomic mass is 9.79. The molecule has 0 bridgehead atoms. The van der Waals surface area contributed by atoms with E-state index in [1.165, 1.54) is 0 Å². The van der Waals surface area contributed by atoms with E-state index >= 15 is 0 Å². The lowest BCUT2D eigenvalue weighted by Gasteiger charge is -2.32. The Balaban J connectivity index is 2.50. The smallest absolute Gasteiger partial charge is 0.214 e. The fraction of sp³-hybridized carbons (Fsp3) is 0.429. The van der Waals surface area contributed by atoms with Gasteiger partial charge in [0.25, 0.3) is 0 Å². The molecule has 16 heavy (non-hydrogen) atoms. The summed E-state index contributed by atoms with van der Waals surface area (Å²) in [5.41, 5.74) is 1.74. The van der Waals surface area contributed by atoms with Gasteiger partial charge >= 0.3 is 0 Å². The van der Waals surface area contributed by atoms with Gasteiger partial charge in [0.2, 0.25) is 5.79 Å². The molecule has 1 aliphatic rings. The summed E-state index contributed by atoms with van der Waals surface area (Å²) in [5, 5.41) is 10.3. The molecule has 1 N–H and O–H groups in total. The van der Waals surface area contributed by atoms with E-state index in [1.54, 1.807) is 6.92 Å². The van der Waals surface area contributed by atoms with Crippen LogP contribution in [-0.2, 0) is 4.74 Å². The standard InChI is InChI=1S/C14H18O2/c1-10-12(11-8-6-5-7-9-11)16-14(4,15)13(10,2)3/h5-9,15H,1-4H3. The zero-order valence-corrected chi connectivity index (χ0v) is 10.2. The first kappa shape index (κ1) is 11.2. The molecule has 0 fully saturated rings. The third kappa shape index (κ3) is 1.45. The van der Waals surface area contributed by atoms with Crippen LogP contribution in [0.5, 0.6) is 0 Å². The molecule has 1 heterocycles. The van der Waals surface area contributed by atoms with Crippen molar-refractivity contribution < 1.29 is 9.84 Å². The largest absolute Gasteiger partial charge is 0.461 e. The maximum Gasteiger partial charge on any atom is 0.214 e. The van der Waals surface area contributed by atoms with Gasteiger partial charge in [-0.25, -0.2) is 0 Å². The summed E-state index contributed by atoms with van der Waals surface area (Å²) in [6.45, 7) is 7.73. The van der Waals surface area contributed by atoms with E-state index in [2.05, 4.69) is 0 Å². The minimum atomic E-state index is -1.14. The lowest BCUT2D eigenvalue weighted by molar-refractivity contribution is -0.184. The maximum absolute atomic E-state index is 10.3. The minimum Gasteiger partial charge on any atom is -0.461 e. The molecule has 2 heteroatoms. The summed E-state index contributed by atoms with van der Waals surface area (Å²) in [6.07, 6.45) is 0. The summed E-state index contributed by atoms with van der Waals surface area (Å²) >= 11 is 0. The van der Waals surface area contributed by atoms with Crippen LogP contribution in [0.25, 0.3) is 5.76 Å². The van der Waals surface area contributed by atoms with E-state index in [9.17, 15) is 5.11 Å². The van der Waals surface area contributed by atoms with Crippen molar-refractivity contribution in [3.63, 3.8) is 0 Å². The lowest BCUT2D eigenvalue weighted by Crippen LogP contribution is -2.39. The van der Waals surface area contributed by atoms with Gasteiger partial charge in [-0.15, -0.1) is 0 Å². The second kappa shape index (κ2) is 3.36. The third-order valence-electron chi connectivity index (χ3n) is 3.77. The Morgan fingerprint density at radius 2 is 1.62 bits per heavy atom. The molecular weight excluding hydrogens is 200 g/mol. The van der Waals surface area contributed by atoms with Crippen LogP contribution in [0, 0.1) is 5.41 Å². The van der Waals surface area contributed by atoms with Crippen molar-refractivity contribution in [2.45, 2.75) is 33.5 Å². The van der Waals surface area contributed by atoms with Gasteiger partial charge in [0.05, 0.1) is 5.41 Å². The number of benzene rings is 1. The van der Waals surface area contributed by atoms with Crippen LogP contribution in [0.1, 0.15) is 33.3 Å². The first-order chi connectivity index (χ1) is 7.36. The Morgan fingerprint density at radius 3 is 2.06 bits per heavy atom. The van der Waals surface area contributed by atoms with Gasteiger partial charge in [0.1, 0.15) is 5.76 Å². The van der Waals surface area contributed by atoms with Crippen LogP contribution in [0.3, 0.4) is 0 Å². The van der Waals surface area contributed by atoms with Gasteiger partial charge in [0.15, 0.2) is 0 Å². The predicted octanol–water partition coefficient (Wildman–Crippen LogP) is 3.18. The third-order valence-corrected chi connectivity index (χ3v) is 3.77. The normalized spacial score (nSPS) is 28.1. The first-order valence-electron chi connectivity index (χ1n) is 5.54. The van der Waals surface area contributed by atoms with Gasteiger partial charge in [-0.1, -0.05) is 30.3 Å². The van der Waals surface area contributed by atoms with Crippen molar-refractivity contribution in [3.05, 3.63) is 41.5 Å². The Hall–Kier alpha value is -1.28. The Labute approximate surface area is 96.6 Å². The molecule has 2 nitrogen and oxygen atoms in total. The first-order valence-corrected chi connectivity index (χ1v) is 5.54. The van der Waals surface area contributed by atoms with Crippen LogP contribution in [0.15, 0.2) is 35.9 Å². The van der Waals surface area contributed by atoms with Crippen molar-refractivity contribution in [1.29, 1.82) is 0 Å². The number of hydrogen-bond donors (Lipinski definition) is 1. The summed E-state index contributed by atoms with van der Waals surface area (Å²) in [5.74, 6) is -0.335. The van der Waals surface area contributed by atoms with Crippen LogP contribution < -0.4 is 0 Å². The molecule has 0 aromatic heterocycles. The Bertz CT molecular complexity index is 427. The zero-order chi connectivity index (χ0) is 12.0. The van der Waals surface area contributed by atoms with Crippen molar-refractivity contribution in [1.82, 2.24) is 0 Å². The number of aliphatic hydroxyl groups is 1. The van der Waals surface area contributed by atoms with Crippen molar-refractivity contribution in [2.75, 3.05) is 0 Å². The van der Waals surface area contributed by atoms with Crippen molar-refractivity contribution >= 4 is 5.76 Å². The summed E-state index contributed by atoms with van der Waals surface area (Å²) in [6, 6.07) is 9.91. The minimum absolute atomic E-state index is 0.363. The fourth-order valence-electron chi connectivity index (χ4n) is 1.90. The summed E-state index contributed by atoms with van der Waals surface area (Å²) in [4.78, 5) is 0. The molecule has 0 radical (unpaired) electrons. The molecule has 0 saturated carbocycles. The molecule has 2 rings (SSSR count). The molecule has 0 amide bonds.